The average Bonchev–Trinajstić information content (AvgIpc) is 2.35. The molecule has 3 heteroatoms. The van der Waals surface area contributed by atoms with Gasteiger partial charge in [-0.1, -0.05) is 32.0 Å². The minimum Gasteiger partial charge on any atom is -0.490 e. The number of nitrogens with two attached hydrogens (primary N) is 1. The summed E-state index contributed by atoms with van der Waals surface area (Å²) < 4.78 is 5.75. The molecule has 0 aliphatic rings. The van der Waals surface area contributed by atoms with Gasteiger partial charge in [0.1, 0.15) is 17.9 Å². The predicted molar refractivity (Wildman–Crippen MR) is 70.1 cm³/mol. The summed E-state index contributed by atoms with van der Waals surface area (Å²) in [4.78, 5) is 4.34. The Hall–Kier alpha value is -1.61. The van der Waals surface area contributed by atoms with Gasteiger partial charge in [-0.15, -0.1) is 0 Å². The molecular weight excluding hydrogens is 212 g/mol. The van der Waals surface area contributed by atoms with Crippen LogP contribution in [-0.2, 0) is 0 Å². The quantitative estimate of drug-likeness (QED) is 0.878. The Morgan fingerprint density at radius 1 is 1.24 bits per heavy atom. The van der Waals surface area contributed by atoms with Gasteiger partial charge >= 0.3 is 0 Å². The number of pyridine rings is 1. The Kier molecular flexibility index (Phi) is 3.59. The van der Waals surface area contributed by atoms with Gasteiger partial charge in [0.15, 0.2) is 0 Å². The molecule has 17 heavy (non-hydrogen) atoms. The van der Waals surface area contributed by atoms with Crippen molar-refractivity contribution in [1.82, 2.24) is 4.98 Å². The van der Waals surface area contributed by atoms with Gasteiger partial charge in [0, 0.05) is 17.6 Å². The molecule has 90 valence electrons. The maximum Gasteiger partial charge on any atom is 0.145 e. The molecule has 0 aliphatic carbocycles. The number of benzene rings is 1. The first-order valence-electron chi connectivity index (χ1n) is 5.90. The fourth-order valence-electron chi connectivity index (χ4n) is 1.57. The molecule has 0 radical (unpaired) electrons. The Morgan fingerprint density at radius 2 is 2.00 bits per heavy atom. The van der Waals surface area contributed by atoms with E-state index in [-0.39, 0.29) is 6.04 Å². The highest BCUT2D eigenvalue weighted by Gasteiger charge is 2.09. The Bertz CT molecular complexity index is 491. The molecule has 1 heterocycles. The molecule has 0 saturated heterocycles. The van der Waals surface area contributed by atoms with Gasteiger partial charge in [-0.05, 0) is 18.1 Å². The van der Waals surface area contributed by atoms with Crippen molar-refractivity contribution in [2.45, 2.75) is 19.9 Å². The number of hydrogen-bond donors (Lipinski definition) is 1. The number of hydrogen-bond acceptors (Lipinski definition) is 3. The van der Waals surface area contributed by atoms with Crippen molar-refractivity contribution in [3.63, 3.8) is 0 Å². The summed E-state index contributed by atoms with van der Waals surface area (Å²) in [6, 6.07) is 9.93. The van der Waals surface area contributed by atoms with Crippen LogP contribution < -0.4 is 10.5 Å². The number of fused-ring (bicyclic) bond motifs is 1. The van der Waals surface area contributed by atoms with Crippen molar-refractivity contribution < 1.29 is 4.74 Å². The van der Waals surface area contributed by atoms with Gasteiger partial charge in [-0.25, -0.2) is 0 Å². The molecule has 1 aromatic heterocycles. The molecule has 0 spiro atoms. The minimum absolute atomic E-state index is 0.0500. The van der Waals surface area contributed by atoms with Crippen LogP contribution in [0, 0.1) is 5.92 Å². The highest BCUT2D eigenvalue weighted by molar-refractivity contribution is 5.84. The molecule has 1 aromatic carbocycles. The fourth-order valence-corrected chi connectivity index (χ4v) is 1.57. The molecule has 0 fully saturated rings. The van der Waals surface area contributed by atoms with E-state index in [2.05, 4.69) is 18.8 Å². The van der Waals surface area contributed by atoms with Crippen LogP contribution >= 0.6 is 0 Å². The number of aromatic nitrogens is 1. The normalized spacial score (nSPS) is 12.9. The summed E-state index contributed by atoms with van der Waals surface area (Å²) in [5.41, 5.74) is 6.86. The Labute approximate surface area is 102 Å². The van der Waals surface area contributed by atoms with E-state index in [9.17, 15) is 0 Å². The molecule has 2 aromatic rings. The smallest absolute Gasteiger partial charge is 0.145 e. The third kappa shape index (κ3) is 2.74. The first-order chi connectivity index (χ1) is 8.18. The molecule has 2 N–H and O–H groups in total. The van der Waals surface area contributed by atoms with Crippen LogP contribution in [0.4, 0.5) is 0 Å². The van der Waals surface area contributed by atoms with E-state index in [1.54, 1.807) is 6.20 Å². The second-order valence-corrected chi connectivity index (χ2v) is 4.55. The molecular formula is C14H18N2O. The van der Waals surface area contributed by atoms with Crippen LogP contribution in [0.5, 0.6) is 5.75 Å². The highest BCUT2D eigenvalue weighted by Crippen LogP contribution is 2.23. The van der Waals surface area contributed by atoms with Crippen LogP contribution in [0.3, 0.4) is 0 Å². The maximum absolute atomic E-state index is 5.96. The summed E-state index contributed by atoms with van der Waals surface area (Å²) in [5.74, 6) is 1.22. The van der Waals surface area contributed by atoms with Gasteiger partial charge in [0.25, 0.3) is 0 Å². The lowest BCUT2D eigenvalue weighted by molar-refractivity contribution is 0.262. The molecule has 0 aliphatic heterocycles. The van der Waals surface area contributed by atoms with E-state index in [1.807, 2.05) is 30.3 Å². The topological polar surface area (TPSA) is 48.1 Å². The van der Waals surface area contributed by atoms with E-state index >= 15 is 0 Å². The van der Waals surface area contributed by atoms with Gasteiger partial charge in [0.2, 0.25) is 0 Å². The van der Waals surface area contributed by atoms with Crippen LogP contribution in [-0.4, -0.2) is 17.6 Å². The molecule has 3 nitrogen and oxygen atoms in total. The number of para-hydroxylation sites is 1. The van der Waals surface area contributed by atoms with Crippen LogP contribution in [0.15, 0.2) is 36.5 Å². The van der Waals surface area contributed by atoms with E-state index in [0.29, 0.717) is 12.5 Å². The number of rotatable bonds is 4. The summed E-state index contributed by atoms with van der Waals surface area (Å²) in [7, 11) is 0. The Morgan fingerprint density at radius 3 is 2.76 bits per heavy atom. The maximum atomic E-state index is 5.96. The van der Waals surface area contributed by atoms with E-state index in [1.165, 1.54) is 0 Å². The van der Waals surface area contributed by atoms with Crippen molar-refractivity contribution in [1.29, 1.82) is 0 Å². The van der Waals surface area contributed by atoms with Gasteiger partial charge in [-0.3, -0.25) is 4.98 Å². The lowest BCUT2D eigenvalue weighted by Crippen LogP contribution is -2.33. The zero-order valence-electron chi connectivity index (χ0n) is 10.3. The summed E-state index contributed by atoms with van der Waals surface area (Å²) >= 11 is 0. The van der Waals surface area contributed by atoms with Crippen molar-refractivity contribution in [2.75, 3.05) is 6.61 Å². The van der Waals surface area contributed by atoms with Gasteiger partial charge < -0.3 is 10.5 Å². The first kappa shape index (κ1) is 11.9. The Balaban J connectivity index is 2.19. The van der Waals surface area contributed by atoms with Gasteiger partial charge in [-0.2, -0.15) is 0 Å². The van der Waals surface area contributed by atoms with Crippen molar-refractivity contribution in [3.05, 3.63) is 36.5 Å². The molecule has 2 rings (SSSR count). The summed E-state index contributed by atoms with van der Waals surface area (Å²) in [6.45, 7) is 4.71. The van der Waals surface area contributed by atoms with E-state index < -0.39 is 0 Å². The molecule has 1 unspecified atom stereocenters. The number of nitrogens with zero attached hydrogens (tertiary/aromatic N) is 1. The minimum atomic E-state index is 0.0500. The second kappa shape index (κ2) is 5.15. The molecule has 1 atom stereocenters. The lowest BCUT2D eigenvalue weighted by atomic mass is 10.1. The van der Waals surface area contributed by atoms with Gasteiger partial charge in [0.05, 0.1) is 0 Å². The standard InChI is InChI=1S/C14H18N2O/c1-10(2)12(15)9-17-13-7-3-5-11-6-4-8-16-14(11)13/h3-8,10,12H,9,15H2,1-2H3. The summed E-state index contributed by atoms with van der Waals surface area (Å²) in [6.07, 6.45) is 1.78. The number of ether oxygens (including phenoxy) is 1. The third-order valence-electron chi connectivity index (χ3n) is 2.88. The zero-order valence-corrected chi connectivity index (χ0v) is 10.3. The van der Waals surface area contributed by atoms with E-state index in [4.69, 9.17) is 10.5 Å². The average molecular weight is 230 g/mol. The molecule has 0 saturated carbocycles. The highest BCUT2D eigenvalue weighted by atomic mass is 16.5. The van der Waals surface area contributed by atoms with Crippen molar-refractivity contribution in [2.24, 2.45) is 11.7 Å². The summed E-state index contributed by atoms with van der Waals surface area (Å²) in [5, 5.41) is 1.09. The van der Waals surface area contributed by atoms with Crippen LogP contribution in [0.1, 0.15) is 13.8 Å². The van der Waals surface area contributed by atoms with Crippen LogP contribution in [0.2, 0.25) is 0 Å². The first-order valence-corrected chi connectivity index (χ1v) is 5.90. The zero-order chi connectivity index (χ0) is 12.3. The fraction of sp³-hybridized carbons (Fsp3) is 0.357. The molecule has 0 amide bonds. The largest absolute Gasteiger partial charge is 0.490 e. The third-order valence-corrected chi connectivity index (χ3v) is 2.88. The van der Waals surface area contributed by atoms with E-state index in [0.717, 1.165) is 16.7 Å². The second-order valence-electron chi connectivity index (χ2n) is 4.55. The lowest BCUT2D eigenvalue weighted by Gasteiger charge is -2.16. The van der Waals surface area contributed by atoms with Crippen LogP contribution in [0.25, 0.3) is 10.9 Å². The molecule has 0 bridgehead atoms. The van der Waals surface area contributed by atoms with Crippen molar-refractivity contribution >= 4 is 10.9 Å². The SMILES string of the molecule is CC(C)C(N)COc1cccc2cccnc12. The predicted octanol–water partition coefficient (Wildman–Crippen LogP) is 2.60. The monoisotopic (exact) mass is 230 g/mol. The van der Waals surface area contributed by atoms with Crippen molar-refractivity contribution in [3.8, 4) is 5.75 Å².